The maximum atomic E-state index is 11.6. The van der Waals surface area contributed by atoms with Gasteiger partial charge in [0.1, 0.15) is 6.04 Å². The fraction of sp³-hybridized carbons (Fsp3) is 0.833. The summed E-state index contributed by atoms with van der Waals surface area (Å²) in [5.41, 5.74) is 0. The number of ether oxygens (including phenoxy) is 1. The lowest BCUT2D eigenvalue weighted by Gasteiger charge is -2.18. The van der Waals surface area contributed by atoms with Crippen LogP contribution in [0.1, 0.15) is 32.6 Å². The van der Waals surface area contributed by atoms with E-state index in [9.17, 15) is 9.59 Å². The van der Waals surface area contributed by atoms with Gasteiger partial charge in [-0.1, -0.05) is 0 Å². The molecule has 2 amide bonds. The monoisotopic (exact) mass is 258 g/mol. The molecule has 0 aliphatic heterocycles. The van der Waals surface area contributed by atoms with Crippen LogP contribution in [0.3, 0.4) is 0 Å². The predicted molar refractivity (Wildman–Crippen MR) is 66.4 cm³/mol. The van der Waals surface area contributed by atoms with Gasteiger partial charge < -0.3 is 20.5 Å². The third kappa shape index (κ3) is 5.35. The number of urea groups is 1. The number of carboxylic acids is 1. The van der Waals surface area contributed by atoms with Crippen molar-refractivity contribution in [1.29, 1.82) is 0 Å². The van der Waals surface area contributed by atoms with Crippen molar-refractivity contribution >= 4 is 12.0 Å². The molecule has 1 aliphatic carbocycles. The van der Waals surface area contributed by atoms with E-state index >= 15 is 0 Å². The standard InChI is InChI=1S/C12H22N2O4/c1-8(9-5-6-9)13-12(17)14-10(11(15)16)4-3-7-18-2/h8-10H,3-7H2,1-2H3,(H,15,16)(H2,13,14,17). The van der Waals surface area contributed by atoms with E-state index in [1.165, 1.54) is 0 Å². The average molecular weight is 258 g/mol. The first kappa shape index (κ1) is 14.8. The zero-order valence-corrected chi connectivity index (χ0v) is 10.9. The Hall–Kier alpha value is -1.30. The summed E-state index contributed by atoms with van der Waals surface area (Å²) in [5, 5.41) is 14.3. The van der Waals surface area contributed by atoms with Crippen LogP contribution in [0.4, 0.5) is 4.79 Å². The highest BCUT2D eigenvalue weighted by molar-refractivity contribution is 5.82. The molecule has 6 heteroatoms. The van der Waals surface area contributed by atoms with Crippen molar-refractivity contribution in [1.82, 2.24) is 10.6 Å². The van der Waals surface area contributed by atoms with E-state index in [1.807, 2.05) is 6.92 Å². The zero-order valence-electron chi connectivity index (χ0n) is 10.9. The molecule has 0 heterocycles. The molecule has 3 N–H and O–H groups in total. The summed E-state index contributed by atoms with van der Waals surface area (Å²) in [6.07, 6.45) is 3.25. The second kappa shape index (κ2) is 7.20. The van der Waals surface area contributed by atoms with Crippen molar-refractivity contribution in [3.05, 3.63) is 0 Å². The highest BCUT2D eigenvalue weighted by Crippen LogP contribution is 2.32. The molecule has 1 aliphatic rings. The number of aliphatic carboxylic acids is 1. The highest BCUT2D eigenvalue weighted by atomic mass is 16.5. The van der Waals surface area contributed by atoms with E-state index in [2.05, 4.69) is 10.6 Å². The minimum atomic E-state index is -1.01. The van der Waals surface area contributed by atoms with Crippen molar-refractivity contribution in [2.24, 2.45) is 5.92 Å². The molecule has 104 valence electrons. The number of amides is 2. The van der Waals surface area contributed by atoms with E-state index in [-0.39, 0.29) is 6.04 Å². The zero-order chi connectivity index (χ0) is 13.5. The Kier molecular flexibility index (Phi) is 5.91. The van der Waals surface area contributed by atoms with Crippen LogP contribution in [0, 0.1) is 5.92 Å². The summed E-state index contributed by atoms with van der Waals surface area (Å²) >= 11 is 0. The highest BCUT2D eigenvalue weighted by Gasteiger charge is 2.29. The topological polar surface area (TPSA) is 87.7 Å². The number of nitrogens with one attached hydrogen (secondary N) is 2. The summed E-state index contributed by atoms with van der Waals surface area (Å²) in [5.74, 6) is -0.465. The second-order valence-corrected chi connectivity index (χ2v) is 4.77. The summed E-state index contributed by atoms with van der Waals surface area (Å²) < 4.78 is 4.86. The van der Waals surface area contributed by atoms with E-state index in [0.29, 0.717) is 25.4 Å². The molecule has 2 unspecified atom stereocenters. The first-order chi connectivity index (χ1) is 8.54. The number of carbonyl (C=O) groups is 2. The molecule has 18 heavy (non-hydrogen) atoms. The van der Waals surface area contributed by atoms with Gasteiger partial charge in [-0.2, -0.15) is 0 Å². The van der Waals surface area contributed by atoms with Crippen molar-refractivity contribution in [2.45, 2.75) is 44.7 Å². The number of carbonyl (C=O) groups excluding carboxylic acids is 1. The third-order valence-electron chi connectivity index (χ3n) is 3.13. The van der Waals surface area contributed by atoms with Crippen LogP contribution < -0.4 is 10.6 Å². The Morgan fingerprint density at radius 2 is 2.06 bits per heavy atom. The molecule has 1 saturated carbocycles. The Morgan fingerprint density at radius 1 is 1.39 bits per heavy atom. The molecule has 0 aromatic rings. The molecular weight excluding hydrogens is 236 g/mol. The van der Waals surface area contributed by atoms with Gasteiger partial charge in [-0.05, 0) is 38.5 Å². The van der Waals surface area contributed by atoms with Gasteiger partial charge in [-0.3, -0.25) is 0 Å². The SMILES string of the molecule is COCCCC(NC(=O)NC(C)C1CC1)C(=O)O. The molecule has 1 rings (SSSR count). The Morgan fingerprint density at radius 3 is 2.56 bits per heavy atom. The van der Waals surface area contributed by atoms with Crippen molar-refractivity contribution in [2.75, 3.05) is 13.7 Å². The largest absolute Gasteiger partial charge is 0.480 e. The fourth-order valence-electron chi connectivity index (χ4n) is 1.81. The minimum absolute atomic E-state index is 0.110. The first-order valence-electron chi connectivity index (χ1n) is 6.33. The van der Waals surface area contributed by atoms with E-state index in [0.717, 1.165) is 12.8 Å². The maximum absolute atomic E-state index is 11.6. The smallest absolute Gasteiger partial charge is 0.326 e. The van der Waals surface area contributed by atoms with Gasteiger partial charge >= 0.3 is 12.0 Å². The van der Waals surface area contributed by atoms with Gasteiger partial charge in [0.15, 0.2) is 0 Å². The molecular formula is C12H22N2O4. The van der Waals surface area contributed by atoms with Crippen molar-refractivity contribution < 1.29 is 19.4 Å². The van der Waals surface area contributed by atoms with Gasteiger partial charge in [-0.15, -0.1) is 0 Å². The lowest BCUT2D eigenvalue weighted by atomic mass is 10.1. The molecule has 6 nitrogen and oxygen atoms in total. The average Bonchev–Trinajstić information content (AvgIpc) is 3.11. The van der Waals surface area contributed by atoms with Crippen LogP contribution >= 0.6 is 0 Å². The molecule has 0 bridgehead atoms. The lowest BCUT2D eigenvalue weighted by Crippen LogP contribution is -2.48. The quantitative estimate of drug-likeness (QED) is 0.566. The van der Waals surface area contributed by atoms with Crippen molar-refractivity contribution in [3.8, 4) is 0 Å². The summed E-state index contributed by atoms with van der Waals surface area (Å²) in [6, 6.07) is -1.15. The van der Waals surface area contributed by atoms with Crippen LogP contribution in [0.2, 0.25) is 0 Å². The fourth-order valence-corrected chi connectivity index (χ4v) is 1.81. The minimum Gasteiger partial charge on any atom is -0.480 e. The third-order valence-corrected chi connectivity index (χ3v) is 3.13. The molecule has 0 aromatic heterocycles. The maximum Gasteiger partial charge on any atom is 0.326 e. The predicted octanol–water partition coefficient (Wildman–Crippen LogP) is 0.964. The van der Waals surface area contributed by atoms with Crippen LogP contribution in [0.25, 0.3) is 0 Å². The molecule has 2 atom stereocenters. The van der Waals surface area contributed by atoms with Crippen molar-refractivity contribution in [3.63, 3.8) is 0 Å². The lowest BCUT2D eigenvalue weighted by molar-refractivity contribution is -0.139. The summed E-state index contributed by atoms with van der Waals surface area (Å²) in [6.45, 7) is 2.43. The normalized spacial score (nSPS) is 17.9. The van der Waals surface area contributed by atoms with E-state index in [1.54, 1.807) is 7.11 Å². The molecule has 1 fully saturated rings. The summed E-state index contributed by atoms with van der Waals surface area (Å²) in [7, 11) is 1.56. The van der Waals surface area contributed by atoms with E-state index in [4.69, 9.17) is 9.84 Å². The summed E-state index contributed by atoms with van der Waals surface area (Å²) in [4.78, 5) is 22.6. The van der Waals surface area contributed by atoms with Gasteiger partial charge in [0.25, 0.3) is 0 Å². The van der Waals surface area contributed by atoms with Crippen LogP contribution in [0.5, 0.6) is 0 Å². The Balaban J connectivity index is 2.29. The van der Waals surface area contributed by atoms with Crippen LogP contribution in [-0.2, 0) is 9.53 Å². The van der Waals surface area contributed by atoms with Crippen LogP contribution in [-0.4, -0.2) is 42.9 Å². The van der Waals surface area contributed by atoms with Gasteiger partial charge in [-0.25, -0.2) is 9.59 Å². The molecule has 0 aromatic carbocycles. The molecule has 0 radical (unpaired) electrons. The second-order valence-electron chi connectivity index (χ2n) is 4.77. The number of hydrogen-bond acceptors (Lipinski definition) is 3. The Labute approximate surface area is 107 Å². The number of carboxylic acid groups (broad SMARTS) is 1. The number of methoxy groups -OCH3 is 1. The first-order valence-corrected chi connectivity index (χ1v) is 6.33. The van der Waals surface area contributed by atoms with Gasteiger partial charge in [0.05, 0.1) is 0 Å². The van der Waals surface area contributed by atoms with Gasteiger partial charge in [0.2, 0.25) is 0 Å². The molecule has 0 spiro atoms. The molecule has 0 saturated heterocycles. The number of hydrogen-bond donors (Lipinski definition) is 3. The Bertz CT molecular complexity index is 292. The number of rotatable bonds is 8. The van der Waals surface area contributed by atoms with E-state index < -0.39 is 18.0 Å². The van der Waals surface area contributed by atoms with Crippen LogP contribution in [0.15, 0.2) is 0 Å². The van der Waals surface area contributed by atoms with Gasteiger partial charge in [0, 0.05) is 19.8 Å².